The Morgan fingerprint density at radius 1 is 1.47 bits per heavy atom. The van der Waals surface area contributed by atoms with Gasteiger partial charge in [-0.3, -0.25) is 0 Å². The van der Waals surface area contributed by atoms with Gasteiger partial charge in [0.25, 0.3) is 0 Å². The second-order valence-electron chi connectivity index (χ2n) is 3.56. The predicted molar refractivity (Wildman–Crippen MR) is 64.9 cm³/mol. The zero-order chi connectivity index (χ0) is 12.8. The topological polar surface area (TPSA) is 55.8 Å². The molecule has 0 aliphatic heterocycles. The summed E-state index contributed by atoms with van der Waals surface area (Å²) in [5, 5.41) is 9.01. The molecule has 92 valence electrons. The smallest absolute Gasteiger partial charge is 0.339 e. The Kier molecular flexibility index (Phi) is 4.57. The summed E-state index contributed by atoms with van der Waals surface area (Å²) < 4.78 is 10.5. The molecule has 0 unspecified atom stereocenters. The highest BCUT2D eigenvalue weighted by Crippen LogP contribution is 2.25. The van der Waals surface area contributed by atoms with E-state index >= 15 is 0 Å². The van der Waals surface area contributed by atoms with Gasteiger partial charge in [0.15, 0.2) is 0 Å². The number of rotatable bonds is 6. The third-order valence-electron chi connectivity index (χ3n) is 2.35. The van der Waals surface area contributed by atoms with Gasteiger partial charge in [0.2, 0.25) is 0 Å². The first-order valence-corrected chi connectivity index (χ1v) is 5.29. The number of carbonyl (C=O) groups is 1. The average molecular weight is 236 g/mol. The van der Waals surface area contributed by atoms with Gasteiger partial charge in [0.05, 0.1) is 7.11 Å². The molecule has 0 amide bonds. The zero-order valence-corrected chi connectivity index (χ0v) is 10.0. The van der Waals surface area contributed by atoms with E-state index in [2.05, 4.69) is 6.58 Å². The molecular formula is C13H16O4. The molecule has 0 aromatic heterocycles. The molecule has 0 heterocycles. The Labute approximate surface area is 100 Å². The van der Waals surface area contributed by atoms with Crippen molar-refractivity contribution in [1.29, 1.82) is 0 Å². The third-order valence-corrected chi connectivity index (χ3v) is 2.35. The summed E-state index contributed by atoms with van der Waals surface area (Å²) >= 11 is 0. The van der Waals surface area contributed by atoms with E-state index in [0.717, 1.165) is 12.0 Å². The molecule has 17 heavy (non-hydrogen) atoms. The van der Waals surface area contributed by atoms with E-state index in [1.54, 1.807) is 12.1 Å². The molecule has 0 aliphatic rings. The van der Waals surface area contributed by atoms with Crippen LogP contribution >= 0.6 is 0 Å². The number of methoxy groups -OCH3 is 1. The largest absolute Gasteiger partial charge is 0.497 e. The van der Waals surface area contributed by atoms with E-state index in [1.807, 2.05) is 6.92 Å². The molecule has 0 saturated heterocycles. The van der Waals surface area contributed by atoms with Gasteiger partial charge in [-0.2, -0.15) is 0 Å². The second-order valence-corrected chi connectivity index (χ2v) is 3.56. The number of hydrogen-bond donors (Lipinski definition) is 1. The fraction of sp³-hybridized carbons (Fsp3) is 0.308. The molecule has 0 spiro atoms. The van der Waals surface area contributed by atoms with E-state index in [4.69, 9.17) is 14.6 Å². The number of benzene rings is 1. The van der Waals surface area contributed by atoms with Gasteiger partial charge in [-0.15, -0.1) is 0 Å². The Bertz CT molecular complexity index is 423. The van der Waals surface area contributed by atoms with Crippen LogP contribution in [0.4, 0.5) is 0 Å². The molecule has 0 bridgehead atoms. The third kappa shape index (κ3) is 3.52. The van der Waals surface area contributed by atoms with Gasteiger partial charge in [-0.25, -0.2) is 4.79 Å². The summed E-state index contributed by atoms with van der Waals surface area (Å²) in [6, 6.07) is 4.61. The lowest BCUT2D eigenvalue weighted by molar-refractivity contribution is 0.0692. The Hall–Kier alpha value is -1.97. The van der Waals surface area contributed by atoms with Crippen molar-refractivity contribution in [2.45, 2.75) is 13.3 Å². The van der Waals surface area contributed by atoms with Crippen LogP contribution in [0.15, 0.2) is 30.4 Å². The molecule has 0 atom stereocenters. The molecule has 0 fully saturated rings. The highest BCUT2D eigenvalue weighted by molar-refractivity contribution is 5.91. The zero-order valence-electron chi connectivity index (χ0n) is 10.0. The Morgan fingerprint density at radius 2 is 2.18 bits per heavy atom. The first kappa shape index (κ1) is 13.1. The summed E-state index contributed by atoms with van der Waals surface area (Å²) in [4.78, 5) is 11.0. The summed E-state index contributed by atoms with van der Waals surface area (Å²) in [5.41, 5.74) is 1.03. The molecule has 1 rings (SSSR count). The maximum Gasteiger partial charge on any atom is 0.339 e. The molecular weight excluding hydrogens is 220 g/mol. The lowest BCUT2D eigenvalue weighted by atomic mass is 10.2. The molecule has 0 radical (unpaired) electrons. The number of aromatic carboxylic acids is 1. The van der Waals surface area contributed by atoms with Crippen LogP contribution in [-0.4, -0.2) is 24.8 Å². The summed E-state index contributed by atoms with van der Waals surface area (Å²) in [6.07, 6.45) is 0.798. The summed E-state index contributed by atoms with van der Waals surface area (Å²) in [5.74, 6) is -0.164. The second kappa shape index (κ2) is 5.94. The number of hydrogen-bond acceptors (Lipinski definition) is 3. The fourth-order valence-corrected chi connectivity index (χ4v) is 1.21. The van der Waals surface area contributed by atoms with Crippen molar-refractivity contribution in [3.05, 3.63) is 35.9 Å². The quantitative estimate of drug-likeness (QED) is 0.771. The SMILES string of the molecule is C=C(CC)COc1cc(OC)ccc1C(=O)O. The van der Waals surface area contributed by atoms with Gasteiger partial charge >= 0.3 is 5.97 Å². The monoisotopic (exact) mass is 236 g/mol. The van der Waals surface area contributed by atoms with Crippen molar-refractivity contribution in [3.8, 4) is 11.5 Å². The molecule has 0 saturated carbocycles. The maximum absolute atomic E-state index is 11.0. The number of carboxylic acids is 1. The Balaban J connectivity index is 2.93. The Morgan fingerprint density at radius 3 is 2.71 bits per heavy atom. The lowest BCUT2D eigenvalue weighted by Gasteiger charge is -2.11. The molecule has 1 aromatic rings. The molecule has 0 aliphatic carbocycles. The molecule has 1 N–H and O–H groups in total. The molecule has 1 aromatic carbocycles. The van der Waals surface area contributed by atoms with Crippen molar-refractivity contribution < 1.29 is 19.4 Å². The minimum Gasteiger partial charge on any atom is -0.497 e. The average Bonchev–Trinajstić information content (AvgIpc) is 2.35. The minimum absolute atomic E-state index is 0.120. The van der Waals surface area contributed by atoms with Gasteiger partial charge in [0.1, 0.15) is 23.7 Å². The van der Waals surface area contributed by atoms with Crippen molar-refractivity contribution in [1.82, 2.24) is 0 Å². The van der Waals surface area contributed by atoms with E-state index in [1.165, 1.54) is 13.2 Å². The molecule has 4 heteroatoms. The molecule has 4 nitrogen and oxygen atoms in total. The van der Waals surface area contributed by atoms with Crippen molar-refractivity contribution in [3.63, 3.8) is 0 Å². The highest BCUT2D eigenvalue weighted by atomic mass is 16.5. The van der Waals surface area contributed by atoms with Crippen LogP contribution in [0.3, 0.4) is 0 Å². The van der Waals surface area contributed by atoms with Gasteiger partial charge in [-0.05, 0) is 24.1 Å². The van der Waals surface area contributed by atoms with E-state index in [9.17, 15) is 4.79 Å². The van der Waals surface area contributed by atoms with Crippen molar-refractivity contribution in [2.24, 2.45) is 0 Å². The van der Waals surface area contributed by atoms with E-state index in [0.29, 0.717) is 18.1 Å². The number of carboxylic acid groups (broad SMARTS) is 1. The van der Waals surface area contributed by atoms with Crippen LogP contribution in [-0.2, 0) is 0 Å². The van der Waals surface area contributed by atoms with Crippen LogP contribution < -0.4 is 9.47 Å². The fourth-order valence-electron chi connectivity index (χ4n) is 1.21. The first-order chi connectivity index (χ1) is 8.08. The normalized spacial score (nSPS) is 9.76. The van der Waals surface area contributed by atoms with Gasteiger partial charge < -0.3 is 14.6 Å². The summed E-state index contributed by atoms with van der Waals surface area (Å²) in [7, 11) is 1.52. The highest BCUT2D eigenvalue weighted by Gasteiger charge is 2.12. The van der Waals surface area contributed by atoms with Gasteiger partial charge in [0, 0.05) is 6.07 Å². The van der Waals surface area contributed by atoms with Crippen LogP contribution in [0.25, 0.3) is 0 Å². The lowest BCUT2D eigenvalue weighted by Crippen LogP contribution is -2.06. The van der Waals surface area contributed by atoms with Crippen LogP contribution in [0.5, 0.6) is 11.5 Å². The van der Waals surface area contributed by atoms with Crippen molar-refractivity contribution >= 4 is 5.97 Å². The standard InChI is InChI=1S/C13H16O4/c1-4-9(2)8-17-12-7-10(16-3)5-6-11(12)13(14)15/h5-7H,2,4,8H2,1,3H3,(H,14,15). The first-order valence-electron chi connectivity index (χ1n) is 5.29. The van der Waals surface area contributed by atoms with Crippen LogP contribution in [0.2, 0.25) is 0 Å². The number of ether oxygens (including phenoxy) is 2. The van der Waals surface area contributed by atoms with Crippen molar-refractivity contribution in [2.75, 3.05) is 13.7 Å². The van der Waals surface area contributed by atoms with Crippen LogP contribution in [0.1, 0.15) is 23.7 Å². The van der Waals surface area contributed by atoms with E-state index < -0.39 is 5.97 Å². The summed E-state index contributed by atoms with van der Waals surface area (Å²) in [6.45, 7) is 6.08. The van der Waals surface area contributed by atoms with Gasteiger partial charge in [-0.1, -0.05) is 13.5 Å². The minimum atomic E-state index is -1.02. The maximum atomic E-state index is 11.0. The van der Waals surface area contributed by atoms with E-state index in [-0.39, 0.29) is 5.56 Å². The predicted octanol–water partition coefficient (Wildman–Crippen LogP) is 2.74. The van der Waals surface area contributed by atoms with Crippen LogP contribution in [0, 0.1) is 0 Å².